The fourth-order valence-corrected chi connectivity index (χ4v) is 4.17. The van der Waals surface area contributed by atoms with E-state index in [4.69, 9.17) is 0 Å². The topological polar surface area (TPSA) is 110 Å². The van der Waals surface area contributed by atoms with Gasteiger partial charge in [0.25, 0.3) is 5.69 Å². The second kappa shape index (κ2) is 8.60. The first-order valence-electron chi connectivity index (χ1n) is 9.00. The van der Waals surface area contributed by atoms with Gasteiger partial charge in [0.2, 0.25) is 15.9 Å². The van der Waals surface area contributed by atoms with Crippen LogP contribution in [0.1, 0.15) is 35.2 Å². The van der Waals surface area contributed by atoms with Gasteiger partial charge in [0, 0.05) is 6.07 Å². The van der Waals surface area contributed by atoms with Crippen molar-refractivity contribution in [3.05, 3.63) is 68.8 Å². The Balaban J connectivity index is 2.29. The number of hydrogen-bond donors (Lipinski definition) is 1. The first-order chi connectivity index (χ1) is 13.4. The SMILES string of the molecule is Cc1ccc(C(C)NC(=O)CN(c2cccc([N+](=O)[O-])c2C)S(C)(=O)=O)c(C)c1. The Labute approximate surface area is 170 Å². The first-order valence-corrected chi connectivity index (χ1v) is 10.8. The summed E-state index contributed by atoms with van der Waals surface area (Å²) < 4.78 is 25.5. The van der Waals surface area contributed by atoms with E-state index in [9.17, 15) is 23.3 Å². The molecule has 0 heterocycles. The second-order valence-corrected chi connectivity index (χ2v) is 9.00. The van der Waals surface area contributed by atoms with Gasteiger partial charge in [0.05, 0.1) is 28.5 Å². The molecule has 1 N–H and O–H groups in total. The smallest absolute Gasteiger partial charge is 0.274 e. The van der Waals surface area contributed by atoms with E-state index in [2.05, 4.69) is 5.32 Å². The number of amides is 1. The zero-order valence-electron chi connectivity index (χ0n) is 17.1. The van der Waals surface area contributed by atoms with E-state index >= 15 is 0 Å². The number of nitro groups is 1. The Kier molecular flexibility index (Phi) is 6.63. The molecule has 0 saturated carbocycles. The maximum absolute atomic E-state index is 12.6. The zero-order valence-corrected chi connectivity index (χ0v) is 17.9. The number of aryl methyl sites for hydroxylation is 2. The lowest BCUT2D eigenvalue weighted by atomic mass is 10.0. The molecule has 0 aromatic heterocycles. The number of anilines is 1. The van der Waals surface area contributed by atoms with Crippen molar-refractivity contribution in [2.75, 3.05) is 17.1 Å². The summed E-state index contributed by atoms with van der Waals surface area (Å²) in [5, 5.41) is 14.0. The number of carbonyl (C=O) groups is 1. The molecule has 1 unspecified atom stereocenters. The predicted octanol–water partition coefficient (Wildman–Crippen LogP) is 3.16. The highest BCUT2D eigenvalue weighted by Crippen LogP contribution is 2.29. The molecule has 1 amide bonds. The van der Waals surface area contributed by atoms with E-state index in [1.54, 1.807) is 0 Å². The van der Waals surface area contributed by atoms with E-state index < -0.39 is 27.4 Å². The molecule has 0 aliphatic heterocycles. The Morgan fingerprint density at radius 2 is 1.86 bits per heavy atom. The third kappa shape index (κ3) is 5.32. The molecule has 0 fully saturated rings. The van der Waals surface area contributed by atoms with Crippen LogP contribution in [0, 0.1) is 30.9 Å². The van der Waals surface area contributed by atoms with E-state index in [-0.39, 0.29) is 23.0 Å². The number of nitro benzene ring substituents is 1. The average molecular weight is 420 g/mol. The minimum absolute atomic E-state index is 0.107. The Hall–Kier alpha value is -2.94. The molecular formula is C20H25N3O5S. The Morgan fingerprint density at radius 1 is 1.21 bits per heavy atom. The molecule has 1 atom stereocenters. The summed E-state index contributed by atoms with van der Waals surface area (Å²) in [6.45, 7) is 6.72. The molecule has 0 aliphatic carbocycles. The lowest BCUT2D eigenvalue weighted by Crippen LogP contribution is -2.41. The molecular weight excluding hydrogens is 394 g/mol. The van der Waals surface area contributed by atoms with Gasteiger partial charge >= 0.3 is 0 Å². The summed E-state index contributed by atoms with van der Waals surface area (Å²) in [5.74, 6) is -0.506. The van der Waals surface area contributed by atoms with Gasteiger partial charge in [-0.15, -0.1) is 0 Å². The van der Waals surface area contributed by atoms with E-state index in [1.807, 2.05) is 39.0 Å². The third-order valence-electron chi connectivity index (χ3n) is 4.70. The minimum atomic E-state index is -3.84. The first kappa shape index (κ1) is 22.4. The number of sulfonamides is 1. The quantitative estimate of drug-likeness (QED) is 0.548. The number of benzene rings is 2. The van der Waals surface area contributed by atoms with Gasteiger partial charge in [-0.2, -0.15) is 0 Å². The van der Waals surface area contributed by atoms with Crippen molar-refractivity contribution in [2.45, 2.75) is 33.7 Å². The number of hydrogen-bond acceptors (Lipinski definition) is 5. The van der Waals surface area contributed by atoms with Crippen LogP contribution < -0.4 is 9.62 Å². The fourth-order valence-electron chi connectivity index (χ4n) is 3.27. The van der Waals surface area contributed by atoms with E-state index in [0.29, 0.717) is 0 Å². The van der Waals surface area contributed by atoms with Gasteiger partial charge in [-0.25, -0.2) is 8.42 Å². The van der Waals surface area contributed by atoms with Gasteiger partial charge in [-0.05, 0) is 44.9 Å². The summed E-state index contributed by atoms with van der Waals surface area (Å²) in [6, 6.07) is 9.69. The summed E-state index contributed by atoms with van der Waals surface area (Å²) in [7, 11) is -3.84. The minimum Gasteiger partial charge on any atom is -0.348 e. The van der Waals surface area contributed by atoms with Gasteiger partial charge in [0.1, 0.15) is 6.54 Å². The van der Waals surface area contributed by atoms with Crippen molar-refractivity contribution >= 4 is 27.3 Å². The zero-order chi connectivity index (χ0) is 21.9. The second-order valence-electron chi connectivity index (χ2n) is 7.10. The maximum atomic E-state index is 12.6. The standard InChI is InChI=1S/C20H25N3O5S/c1-13-9-10-17(14(2)11-13)16(4)21-20(24)12-22(29(5,27)28)18-7-6-8-19(15(18)3)23(25)26/h6-11,16H,12H2,1-5H3,(H,21,24). The van der Waals surface area contributed by atoms with Crippen LogP contribution in [0.3, 0.4) is 0 Å². The summed E-state index contributed by atoms with van der Waals surface area (Å²) in [4.78, 5) is 23.2. The van der Waals surface area contributed by atoms with Crippen LogP contribution in [-0.2, 0) is 14.8 Å². The van der Waals surface area contributed by atoms with Gasteiger partial charge in [-0.3, -0.25) is 19.2 Å². The molecule has 0 saturated heterocycles. The molecule has 0 radical (unpaired) electrons. The van der Waals surface area contributed by atoms with Crippen molar-refractivity contribution < 1.29 is 18.1 Å². The van der Waals surface area contributed by atoms with Crippen molar-refractivity contribution in [3.63, 3.8) is 0 Å². The van der Waals surface area contributed by atoms with Crippen LogP contribution in [0.2, 0.25) is 0 Å². The highest BCUT2D eigenvalue weighted by molar-refractivity contribution is 7.92. The van der Waals surface area contributed by atoms with Gasteiger partial charge in [0.15, 0.2) is 0 Å². The van der Waals surface area contributed by atoms with Crippen LogP contribution in [0.5, 0.6) is 0 Å². The van der Waals surface area contributed by atoms with Crippen LogP contribution in [0.4, 0.5) is 11.4 Å². The van der Waals surface area contributed by atoms with Crippen LogP contribution in [0.15, 0.2) is 36.4 Å². The van der Waals surface area contributed by atoms with E-state index in [0.717, 1.165) is 27.3 Å². The molecule has 8 nitrogen and oxygen atoms in total. The molecule has 0 bridgehead atoms. The average Bonchev–Trinajstić information content (AvgIpc) is 2.58. The highest BCUT2D eigenvalue weighted by Gasteiger charge is 2.26. The number of nitrogens with zero attached hydrogens (tertiary/aromatic N) is 2. The molecule has 0 spiro atoms. The Bertz CT molecular complexity index is 1050. The van der Waals surface area contributed by atoms with Crippen molar-refractivity contribution in [3.8, 4) is 0 Å². The summed E-state index contributed by atoms with van der Waals surface area (Å²) in [5.41, 5.74) is 3.14. The predicted molar refractivity (Wildman–Crippen MR) is 112 cm³/mol. The normalized spacial score (nSPS) is 12.3. The molecule has 2 rings (SSSR count). The van der Waals surface area contributed by atoms with Crippen LogP contribution in [0.25, 0.3) is 0 Å². The van der Waals surface area contributed by atoms with Crippen molar-refractivity contribution in [1.82, 2.24) is 5.32 Å². The number of nitrogens with one attached hydrogen (secondary N) is 1. The number of rotatable bonds is 7. The van der Waals surface area contributed by atoms with E-state index in [1.165, 1.54) is 25.1 Å². The third-order valence-corrected chi connectivity index (χ3v) is 5.83. The lowest BCUT2D eigenvalue weighted by molar-refractivity contribution is -0.385. The van der Waals surface area contributed by atoms with Crippen molar-refractivity contribution in [2.24, 2.45) is 0 Å². The summed E-state index contributed by atoms with van der Waals surface area (Å²) in [6.07, 6.45) is 0.964. The Morgan fingerprint density at radius 3 is 2.41 bits per heavy atom. The maximum Gasteiger partial charge on any atom is 0.274 e. The fraction of sp³-hybridized carbons (Fsp3) is 0.350. The largest absolute Gasteiger partial charge is 0.348 e. The van der Waals surface area contributed by atoms with Crippen molar-refractivity contribution in [1.29, 1.82) is 0 Å². The molecule has 2 aromatic rings. The monoisotopic (exact) mass is 419 g/mol. The molecule has 9 heteroatoms. The molecule has 0 aliphatic rings. The summed E-state index contributed by atoms with van der Waals surface area (Å²) >= 11 is 0. The lowest BCUT2D eigenvalue weighted by Gasteiger charge is -2.25. The van der Waals surface area contributed by atoms with Gasteiger partial charge in [-0.1, -0.05) is 29.8 Å². The molecule has 29 heavy (non-hydrogen) atoms. The van der Waals surface area contributed by atoms with Gasteiger partial charge < -0.3 is 5.32 Å². The molecule has 2 aromatic carbocycles. The molecule has 156 valence electrons. The van der Waals surface area contributed by atoms with Crippen LogP contribution >= 0.6 is 0 Å². The van der Waals surface area contributed by atoms with Crippen LogP contribution in [-0.4, -0.2) is 32.0 Å². The highest BCUT2D eigenvalue weighted by atomic mass is 32.2. The number of carbonyl (C=O) groups excluding carboxylic acids is 1.